The SMILES string of the molecule is Nc1nc2c([C@@H]3O[C@H](CO)[C@@H](O)[C@H]3O)scc2c(=O)[nH]1. The van der Waals surface area contributed by atoms with Gasteiger partial charge in [0.25, 0.3) is 5.56 Å². The van der Waals surface area contributed by atoms with E-state index in [0.29, 0.717) is 15.8 Å². The third-order valence-electron chi connectivity index (χ3n) is 3.31. The summed E-state index contributed by atoms with van der Waals surface area (Å²) >= 11 is 1.19. The van der Waals surface area contributed by atoms with Gasteiger partial charge in [0.05, 0.1) is 22.4 Å². The summed E-state index contributed by atoms with van der Waals surface area (Å²) in [4.78, 5) is 18.7. The number of ether oxygens (including phenoxy) is 1. The quantitative estimate of drug-likeness (QED) is 0.465. The molecule has 0 bridgehead atoms. The van der Waals surface area contributed by atoms with Crippen LogP contribution in [0.15, 0.2) is 10.2 Å². The number of fused-ring (bicyclic) bond motifs is 1. The summed E-state index contributed by atoms with van der Waals surface area (Å²) in [5.41, 5.74) is 5.48. The third kappa shape index (κ3) is 1.91. The maximum absolute atomic E-state index is 11.7. The largest absolute Gasteiger partial charge is 0.394 e. The smallest absolute Gasteiger partial charge is 0.261 e. The second-order valence-electron chi connectivity index (χ2n) is 4.57. The molecular weight excluding hydrogens is 286 g/mol. The first-order valence-corrected chi connectivity index (χ1v) is 6.80. The number of nitrogens with zero attached hydrogens (tertiary/aromatic N) is 1. The van der Waals surface area contributed by atoms with Crippen LogP contribution in [0, 0.1) is 0 Å². The highest BCUT2D eigenvalue weighted by molar-refractivity contribution is 7.11. The van der Waals surface area contributed by atoms with E-state index in [4.69, 9.17) is 15.6 Å². The Kier molecular flexibility index (Phi) is 3.22. The van der Waals surface area contributed by atoms with E-state index in [2.05, 4.69) is 9.97 Å². The van der Waals surface area contributed by atoms with Gasteiger partial charge in [-0.25, -0.2) is 4.98 Å². The standard InChI is InChI=1S/C11H13N3O5S/c12-11-13-5-3(10(18)14-11)2-20-9(5)8-7(17)6(16)4(1-15)19-8/h2,4,6-8,15-17H,1H2,(H3,12,13,14,18)/t4-,6-,7-,8-/m1/s1. The topological polar surface area (TPSA) is 142 Å². The van der Waals surface area contributed by atoms with Crippen LogP contribution >= 0.6 is 11.3 Å². The number of nitrogens with two attached hydrogens (primary N) is 1. The van der Waals surface area contributed by atoms with E-state index in [1.54, 1.807) is 5.38 Å². The first-order chi connectivity index (χ1) is 9.52. The summed E-state index contributed by atoms with van der Waals surface area (Å²) in [7, 11) is 0. The molecule has 3 rings (SSSR count). The fourth-order valence-corrected chi connectivity index (χ4v) is 3.35. The van der Waals surface area contributed by atoms with Crippen LogP contribution in [0.2, 0.25) is 0 Å². The van der Waals surface area contributed by atoms with E-state index in [9.17, 15) is 15.0 Å². The molecule has 1 saturated heterocycles. The molecule has 6 N–H and O–H groups in total. The molecule has 9 heteroatoms. The summed E-state index contributed by atoms with van der Waals surface area (Å²) in [6, 6.07) is 0. The Bertz CT molecular complexity index is 699. The Morgan fingerprint density at radius 1 is 1.45 bits per heavy atom. The molecule has 1 fully saturated rings. The Morgan fingerprint density at radius 3 is 2.85 bits per heavy atom. The number of aliphatic hydroxyl groups excluding tert-OH is 3. The molecule has 1 aliphatic rings. The van der Waals surface area contributed by atoms with Crippen LogP contribution in [0.5, 0.6) is 0 Å². The van der Waals surface area contributed by atoms with Gasteiger partial charge in [-0.05, 0) is 0 Å². The lowest BCUT2D eigenvalue weighted by molar-refractivity contribution is -0.0214. The van der Waals surface area contributed by atoms with Crippen molar-refractivity contribution in [3.8, 4) is 0 Å². The summed E-state index contributed by atoms with van der Waals surface area (Å²) < 4.78 is 5.43. The molecule has 3 heterocycles. The Hall–Kier alpha value is -1.52. The lowest BCUT2D eigenvalue weighted by Crippen LogP contribution is -2.32. The van der Waals surface area contributed by atoms with Crippen molar-refractivity contribution in [3.05, 3.63) is 20.6 Å². The number of hydrogen-bond donors (Lipinski definition) is 5. The predicted molar refractivity (Wildman–Crippen MR) is 71.4 cm³/mol. The summed E-state index contributed by atoms with van der Waals surface area (Å²) in [5.74, 6) is -0.0334. The normalized spacial score (nSPS) is 30.1. The van der Waals surface area contributed by atoms with E-state index in [1.807, 2.05) is 0 Å². The van der Waals surface area contributed by atoms with Gasteiger partial charge in [0.2, 0.25) is 5.95 Å². The highest BCUT2D eigenvalue weighted by atomic mass is 32.1. The molecular formula is C11H13N3O5S. The predicted octanol–water partition coefficient (Wildman–Crippen LogP) is -1.28. The number of anilines is 1. The average Bonchev–Trinajstić information content (AvgIpc) is 2.93. The van der Waals surface area contributed by atoms with E-state index >= 15 is 0 Å². The molecule has 20 heavy (non-hydrogen) atoms. The molecule has 0 unspecified atom stereocenters. The number of hydrogen-bond acceptors (Lipinski definition) is 8. The zero-order valence-electron chi connectivity index (χ0n) is 10.2. The molecule has 1 aliphatic heterocycles. The van der Waals surface area contributed by atoms with Crippen LogP contribution in [-0.2, 0) is 4.74 Å². The van der Waals surface area contributed by atoms with Crippen LogP contribution in [0.3, 0.4) is 0 Å². The zero-order valence-corrected chi connectivity index (χ0v) is 11.0. The second kappa shape index (κ2) is 4.79. The third-order valence-corrected chi connectivity index (χ3v) is 4.34. The number of thiophene rings is 1. The van der Waals surface area contributed by atoms with E-state index < -0.39 is 31.0 Å². The van der Waals surface area contributed by atoms with Crippen molar-refractivity contribution in [2.75, 3.05) is 12.3 Å². The van der Waals surface area contributed by atoms with Crippen LogP contribution in [0.4, 0.5) is 5.95 Å². The number of aliphatic hydroxyl groups is 3. The van der Waals surface area contributed by atoms with Crippen molar-refractivity contribution in [2.45, 2.75) is 24.4 Å². The van der Waals surface area contributed by atoms with Gasteiger partial charge < -0.3 is 25.8 Å². The molecule has 0 aliphatic carbocycles. The van der Waals surface area contributed by atoms with Crippen LogP contribution in [-0.4, -0.2) is 50.2 Å². The van der Waals surface area contributed by atoms with E-state index in [-0.39, 0.29) is 11.5 Å². The molecule has 0 aromatic carbocycles. The molecule has 0 spiro atoms. The number of nitrogen functional groups attached to an aromatic ring is 1. The molecule has 108 valence electrons. The Morgan fingerprint density at radius 2 is 2.20 bits per heavy atom. The number of aromatic amines is 1. The Balaban J connectivity index is 2.09. The monoisotopic (exact) mass is 299 g/mol. The van der Waals surface area contributed by atoms with Gasteiger partial charge in [-0.2, -0.15) is 0 Å². The lowest BCUT2D eigenvalue weighted by Gasteiger charge is -2.13. The summed E-state index contributed by atoms with van der Waals surface area (Å²) in [6.45, 7) is -0.409. The van der Waals surface area contributed by atoms with Gasteiger partial charge in [0, 0.05) is 5.38 Å². The van der Waals surface area contributed by atoms with Crippen molar-refractivity contribution >= 4 is 28.2 Å². The van der Waals surface area contributed by atoms with Crippen molar-refractivity contribution < 1.29 is 20.1 Å². The highest BCUT2D eigenvalue weighted by Gasteiger charge is 2.44. The molecule has 2 aromatic rings. The molecule has 2 aromatic heterocycles. The van der Waals surface area contributed by atoms with Gasteiger partial charge >= 0.3 is 0 Å². The minimum Gasteiger partial charge on any atom is -0.394 e. The molecule has 8 nitrogen and oxygen atoms in total. The summed E-state index contributed by atoms with van der Waals surface area (Å²) in [5, 5.41) is 30.8. The first kappa shape index (κ1) is 13.5. The minimum absolute atomic E-state index is 0.0334. The van der Waals surface area contributed by atoms with Crippen molar-refractivity contribution in [2.24, 2.45) is 0 Å². The molecule has 0 radical (unpaired) electrons. The van der Waals surface area contributed by atoms with Crippen molar-refractivity contribution in [1.82, 2.24) is 9.97 Å². The first-order valence-electron chi connectivity index (χ1n) is 5.92. The molecule has 4 atom stereocenters. The van der Waals surface area contributed by atoms with Crippen molar-refractivity contribution in [1.29, 1.82) is 0 Å². The fraction of sp³-hybridized carbons (Fsp3) is 0.455. The lowest BCUT2D eigenvalue weighted by atomic mass is 10.1. The highest BCUT2D eigenvalue weighted by Crippen LogP contribution is 2.39. The number of H-pyrrole nitrogens is 1. The van der Waals surface area contributed by atoms with Crippen LogP contribution in [0.1, 0.15) is 11.0 Å². The molecule has 0 saturated carbocycles. The van der Waals surface area contributed by atoms with E-state index in [0.717, 1.165) is 0 Å². The van der Waals surface area contributed by atoms with Crippen molar-refractivity contribution in [3.63, 3.8) is 0 Å². The maximum atomic E-state index is 11.7. The number of aromatic nitrogens is 2. The van der Waals surface area contributed by atoms with Gasteiger partial charge in [-0.1, -0.05) is 0 Å². The fourth-order valence-electron chi connectivity index (χ4n) is 2.29. The van der Waals surface area contributed by atoms with E-state index in [1.165, 1.54) is 11.3 Å². The minimum atomic E-state index is -1.20. The second-order valence-corrected chi connectivity index (χ2v) is 5.48. The number of nitrogens with one attached hydrogen (secondary N) is 1. The van der Waals surface area contributed by atoms with Gasteiger partial charge in [-0.15, -0.1) is 11.3 Å². The molecule has 0 amide bonds. The maximum Gasteiger partial charge on any atom is 0.261 e. The number of rotatable bonds is 2. The Labute approximate surface area is 116 Å². The average molecular weight is 299 g/mol. The van der Waals surface area contributed by atoms with Crippen LogP contribution < -0.4 is 11.3 Å². The van der Waals surface area contributed by atoms with Crippen LogP contribution in [0.25, 0.3) is 10.9 Å². The van der Waals surface area contributed by atoms with Gasteiger partial charge in [0.1, 0.15) is 24.4 Å². The van der Waals surface area contributed by atoms with Gasteiger partial charge in [-0.3, -0.25) is 9.78 Å². The zero-order chi connectivity index (χ0) is 14.4. The van der Waals surface area contributed by atoms with Gasteiger partial charge in [0.15, 0.2) is 0 Å². The summed E-state index contributed by atoms with van der Waals surface area (Å²) in [6.07, 6.45) is -4.11.